The molecule has 1 fully saturated rings. The molecule has 3 heterocycles. The third-order valence-electron chi connectivity index (χ3n) is 4.18. The monoisotopic (exact) mass is 322 g/mol. The molecule has 120 valence electrons. The number of H-pyrrole nitrogens is 2. The van der Waals surface area contributed by atoms with Crippen LogP contribution in [0.15, 0.2) is 0 Å². The molecule has 0 bridgehead atoms. The van der Waals surface area contributed by atoms with Gasteiger partial charge in [-0.05, 0) is 32.7 Å². The summed E-state index contributed by atoms with van der Waals surface area (Å²) in [6.07, 6.45) is 5.50. The number of aryl methyl sites for hydroxylation is 2. The van der Waals surface area contributed by atoms with Crippen molar-refractivity contribution in [1.29, 1.82) is 0 Å². The third-order valence-corrected chi connectivity index (χ3v) is 4.49. The molecule has 0 aliphatic carbocycles. The van der Waals surface area contributed by atoms with Crippen LogP contribution < -0.4 is 0 Å². The minimum Gasteiger partial charge on any atom is -0.344 e. The smallest absolute Gasteiger partial charge is 0.167 e. The third kappa shape index (κ3) is 3.33. The van der Waals surface area contributed by atoms with Crippen molar-refractivity contribution in [3.8, 4) is 0 Å². The van der Waals surface area contributed by atoms with Gasteiger partial charge in [-0.2, -0.15) is 5.10 Å². The molecule has 6 nitrogen and oxygen atoms in total. The van der Waals surface area contributed by atoms with Crippen molar-refractivity contribution in [2.75, 3.05) is 6.54 Å². The molecule has 1 aliphatic heterocycles. The Bertz CT molecular complexity index is 619. The maximum Gasteiger partial charge on any atom is 0.167 e. The molecule has 0 amide bonds. The molecule has 2 N–H and O–H groups in total. The lowest BCUT2D eigenvalue weighted by Gasteiger charge is -2.21. The van der Waals surface area contributed by atoms with Crippen LogP contribution in [0.5, 0.6) is 0 Å². The Kier molecular flexibility index (Phi) is 4.78. The molecule has 1 atom stereocenters. The van der Waals surface area contributed by atoms with Gasteiger partial charge in [0.1, 0.15) is 11.6 Å². The van der Waals surface area contributed by atoms with Gasteiger partial charge in [0.2, 0.25) is 0 Å². The van der Waals surface area contributed by atoms with Crippen molar-refractivity contribution in [1.82, 2.24) is 30.0 Å². The first-order chi connectivity index (χ1) is 10.7. The summed E-state index contributed by atoms with van der Waals surface area (Å²) in [6, 6.07) is 0.267. The molecule has 0 aromatic carbocycles. The van der Waals surface area contributed by atoms with Gasteiger partial charge in [0.05, 0.1) is 11.7 Å². The average Bonchev–Trinajstić information content (AvgIpc) is 3.19. The molecule has 2 aromatic rings. The van der Waals surface area contributed by atoms with Gasteiger partial charge in [-0.25, -0.2) is 9.97 Å². The zero-order chi connectivity index (χ0) is 15.5. The van der Waals surface area contributed by atoms with Crippen molar-refractivity contribution in [3.05, 3.63) is 28.3 Å². The van der Waals surface area contributed by atoms with E-state index in [1.165, 1.54) is 0 Å². The summed E-state index contributed by atoms with van der Waals surface area (Å²) in [4.78, 5) is 14.7. The number of aromatic nitrogens is 5. The molecule has 3 rings (SSSR count). The highest BCUT2D eigenvalue weighted by Crippen LogP contribution is 2.32. The van der Waals surface area contributed by atoms with E-state index in [1.807, 2.05) is 6.92 Å². The predicted octanol–water partition coefficient (Wildman–Crippen LogP) is 3.17. The van der Waals surface area contributed by atoms with Crippen LogP contribution in [0.2, 0.25) is 5.15 Å². The number of imidazole rings is 1. The maximum atomic E-state index is 6.29. The standard InChI is InChI=1S/C15H23ClN6/c1-3-4-7-13-18-11(14(16)19-13)9-22-8-5-6-12(22)15-17-10(2)20-21-15/h12H,3-9H2,1-2H3,(H,18,19)(H,17,20,21)/t12-/m1/s1. The zero-order valence-corrected chi connectivity index (χ0v) is 13.9. The van der Waals surface area contributed by atoms with E-state index >= 15 is 0 Å². The Hall–Kier alpha value is -1.40. The Morgan fingerprint density at radius 2 is 2.23 bits per heavy atom. The second kappa shape index (κ2) is 6.79. The lowest BCUT2D eigenvalue weighted by molar-refractivity contribution is 0.237. The lowest BCUT2D eigenvalue weighted by atomic mass is 10.2. The van der Waals surface area contributed by atoms with Crippen molar-refractivity contribution in [2.45, 2.75) is 58.5 Å². The molecule has 0 radical (unpaired) electrons. The van der Waals surface area contributed by atoms with Gasteiger partial charge < -0.3 is 4.98 Å². The molecular weight excluding hydrogens is 300 g/mol. The molecule has 0 saturated carbocycles. The molecule has 2 aromatic heterocycles. The van der Waals surface area contributed by atoms with Crippen LogP contribution in [-0.4, -0.2) is 36.6 Å². The van der Waals surface area contributed by atoms with Crippen molar-refractivity contribution in [3.63, 3.8) is 0 Å². The number of hydrogen-bond donors (Lipinski definition) is 2. The van der Waals surface area contributed by atoms with E-state index in [0.717, 1.165) is 68.4 Å². The largest absolute Gasteiger partial charge is 0.344 e. The summed E-state index contributed by atoms with van der Waals surface area (Å²) in [5, 5.41) is 7.86. The zero-order valence-electron chi connectivity index (χ0n) is 13.2. The van der Waals surface area contributed by atoms with Crippen LogP contribution >= 0.6 is 11.6 Å². The van der Waals surface area contributed by atoms with E-state index in [4.69, 9.17) is 11.6 Å². The lowest BCUT2D eigenvalue weighted by Crippen LogP contribution is -2.24. The number of unbranched alkanes of at least 4 members (excludes halogenated alkanes) is 1. The molecule has 1 saturated heterocycles. The van der Waals surface area contributed by atoms with Crippen LogP contribution in [-0.2, 0) is 13.0 Å². The van der Waals surface area contributed by atoms with Crippen molar-refractivity contribution in [2.24, 2.45) is 0 Å². The minimum atomic E-state index is 0.267. The number of nitrogens with one attached hydrogen (secondary N) is 2. The Labute approximate surface area is 135 Å². The highest BCUT2D eigenvalue weighted by Gasteiger charge is 2.30. The number of rotatable bonds is 6. The highest BCUT2D eigenvalue weighted by atomic mass is 35.5. The van der Waals surface area contributed by atoms with Gasteiger partial charge in [-0.15, -0.1) is 0 Å². The second-order valence-electron chi connectivity index (χ2n) is 5.96. The van der Waals surface area contributed by atoms with E-state index in [-0.39, 0.29) is 6.04 Å². The van der Waals surface area contributed by atoms with Crippen LogP contribution in [0.1, 0.15) is 61.8 Å². The molecule has 0 unspecified atom stereocenters. The SMILES string of the molecule is CCCCc1nc(Cl)c(CN2CCC[C@@H]2c2n[nH]c(C)n2)[nH]1. The topological polar surface area (TPSA) is 73.5 Å². The molecule has 1 aliphatic rings. The molecule has 0 spiro atoms. The average molecular weight is 323 g/mol. The summed E-state index contributed by atoms with van der Waals surface area (Å²) in [6.45, 7) is 5.93. The summed E-state index contributed by atoms with van der Waals surface area (Å²) in [5.41, 5.74) is 1.01. The van der Waals surface area contributed by atoms with Gasteiger partial charge >= 0.3 is 0 Å². The number of aromatic amines is 2. The normalized spacial score (nSPS) is 19.1. The first-order valence-corrected chi connectivity index (χ1v) is 8.41. The van der Waals surface area contributed by atoms with Gasteiger partial charge in [-0.3, -0.25) is 10.00 Å². The quantitative estimate of drug-likeness (QED) is 0.856. The first-order valence-electron chi connectivity index (χ1n) is 8.03. The van der Waals surface area contributed by atoms with E-state index < -0.39 is 0 Å². The Morgan fingerprint density at radius 1 is 1.36 bits per heavy atom. The number of halogens is 1. The van der Waals surface area contributed by atoms with E-state index in [0.29, 0.717) is 5.15 Å². The fourth-order valence-electron chi connectivity index (χ4n) is 3.03. The highest BCUT2D eigenvalue weighted by molar-refractivity contribution is 6.30. The minimum absolute atomic E-state index is 0.267. The summed E-state index contributed by atoms with van der Waals surface area (Å²) >= 11 is 6.29. The fourth-order valence-corrected chi connectivity index (χ4v) is 3.24. The predicted molar refractivity (Wildman–Crippen MR) is 85.7 cm³/mol. The number of hydrogen-bond acceptors (Lipinski definition) is 4. The van der Waals surface area contributed by atoms with Crippen molar-refractivity contribution < 1.29 is 0 Å². The number of likely N-dealkylation sites (tertiary alicyclic amines) is 1. The van der Waals surface area contributed by atoms with E-state index in [1.54, 1.807) is 0 Å². The van der Waals surface area contributed by atoms with Crippen LogP contribution in [0.3, 0.4) is 0 Å². The van der Waals surface area contributed by atoms with Crippen molar-refractivity contribution >= 4 is 11.6 Å². The van der Waals surface area contributed by atoms with Crippen LogP contribution in [0.4, 0.5) is 0 Å². The van der Waals surface area contributed by atoms with E-state index in [2.05, 4.69) is 37.0 Å². The first kappa shape index (κ1) is 15.5. The molecular formula is C15H23ClN6. The van der Waals surface area contributed by atoms with Crippen LogP contribution in [0.25, 0.3) is 0 Å². The van der Waals surface area contributed by atoms with Gasteiger partial charge in [-0.1, -0.05) is 24.9 Å². The van der Waals surface area contributed by atoms with Gasteiger partial charge in [0.15, 0.2) is 11.0 Å². The summed E-state index contributed by atoms with van der Waals surface area (Å²) in [5.74, 6) is 2.74. The fraction of sp³-hybridized carbons (Fsp3) is 0.667. The summed E-state index contributed by atoms with van der Waals surface area (Å²) in [7, 11) is 0. The van der Waals surface area contributed by atoms with Gasteiger partial charge in [0.25, 0.3) is 0 Å². The second-order valence-corrected chi connectivity index (χ2v) is 6.32. The van der Waals surface area contributed by atoms with Gasteiger partial charge in [0, 0.05) is 13.0 Å². The molecule has 7 heteroatoms. The maximum absolute atomic E-state index is 6.29. The van der Waals surface area contributed by atoms with E-state index in [9.17, 15) is 0 Å². The number of nitrogens with zero attached hydrogens (tertiary/aromatic N) is 4. The Morgan fingerprint density at radius 3 is 2.95 bits per heavy atom. The summed E-state index contributed by atoms with van der Waals surface area (Å²) < 4.78 is 0. The van der Waals surface area contributed by atoms with Crippen LogP contribution in [0, 0.1) is 6.92 Å². The Balaban J connectivity index is 1.70. The molecule has 22 heavy (non-hydrogen) atoms.